The molecule has 0 aliphatic carbocycles. The van der Waals surface area contributed by atoms with Gasteiger partial charge in [0, 0.05) is 0 Å². The van der Waals surface area contributed by atoms with Crippen LogP contribution in [-0.2, 0) is 0 Å². The van der Waals surface area contributed by atoms with Crippen LogP contribution < -0.4 is 5.32 Å². The van der Waals surface area contributed by atoms with Gasteiger partial charge in [0.25, 0.3) is 0 Å². The first-order chi connectivity index (χ1) is 7.75. The summed E-state index contributed by atoms with van der Waals surface area (Å²) in [7, 11) is 0. The molecule has 1 aliphatic heterocycles. The van der Waals surface area contributed by atoms with E-state index in [1.54, 1.807) is 6.07 Å². The molecule has 0 bridgehead atoms. The molecule has 0 aromatic heterocycles. The maximum atomic E-state index is 13.2. The molecule has 0 radical (unpaired) electrons. The van der Waals surface area contributed by atoms with Gasteiger partial charge in [-0.1, -0.05) is 29.3 Å². The van der Waals surface area contributed by atoms with E-state index in [4.69, 9.17) is 11.6 Å². The first-order valence-corrected chi connectivity index (χ1v) is 5.99. The highest BCUT2D eigenvalue weighted by Gasteiger charge is 2.04. The summed E-state index contributed by atoms with van der Waals surface area (Å²) in [5.74, 6) is -0.345. The molecule has 0 amide bonds. The topological polar surface area (TPSA) is 12.0 Å². The molecule has 1 heterocycles. The maximum Gasteiger partial charge on any atom is 0.142 e. The van der Waals surface area contributed by atoms with Crippen LogP contribution in [0, 0.1) is 5.82 Å². The van der Waals surface area contributed by atoms with Crippen molar-refractivity contribution in [2.75, 3.05) is 13.1 Å². The summed E-state index contributed by atoms with van der Waals surface area (Å²) in [4.78, 5) is 0. The minimum atomic E-state index is -0.345. The Hall–Kier alpha value is -0.860. The molecule has 1 fully saturated rings. The van der Waals surface area contributed by atoms with Crippen molar-refractivity contribution >= 4 is 17.7 Å². The Kier molecular flexibility index (Phi) is 3.97. The average Bonchev–Trinajstić information content (AvgIpc) is 2.52. The first kappa shape index (κ1) is 11.6. The molecular formula is C13H15ClFN. The number of halogens is 2. The quantitative estimate of drug-likeness (QED) is 0.789. The van der Waals surface area contributed by atoms with Crippen LogP contribution in [0.3, 0.4) is 0 Å². The molecular weight excluding hydrogens is 225 g/mol. The lowest BCUT2D eigenvalue weighted by Crippen LogP contribution is -2.13. The molecule has 1 aliphatic rings. The third kappa shape index (κ3) is 3.06. The van der Waals surface area contributed by atoms with Gasteiger partial charge in [0.2, 0.25) is 0 Å². The Morgan fingerprint density at radius 3 is 2.94 bits per heavy atom. The summed E-state index contributed by atoms with van der Waals surface area (Å²) >= 11 is 5.64. The fourth-order valence-corrected chi connectivity index (χ4v) is 2.04. The summed E-state index contributed by atoms with van der Waals surface area (Å²) < 4.78 is 13.2. The van der Waals surface area contributed by atoms with E-state index in [0.717, 1.165) is 37.9 Å². The van der Waals surface area contributed by atoms with E-state index < -0.39 is 0 Å². The molecule has 86 valence electrons. The van der Waals surface area contributed by atoms with Crippen molar-refractivity contribution < 1.29 is 4.39 Å². The van der Waals surface area contributed by atoms with Crippen molar-refractivity contribution in [3.05, 3.63) is 40.2 Å². The Labute approximate surface area is 100 Å². The molecule has 0 unspecified atom stereocenters. The van der Waals surface area contributed by atoms with Crippen LogP contribution in [0.5, 0.6) is 0 Å². The zero-order valence-electron chi connectivity index (χ0n) is 9.10. The molecule has 2 rings (SSSR count). The van der Waals surface area contributed by atoms with Crippen LogP contribution in [0.2, 0.25) is 5.02 Å². The van der Waals surface area contributed by atoms with Gasteiger partial charge in [0.05, 0.1) is 5.02 Å². The summed E-state index contributed by atoms with van der Waals surface area (Å²) in [6.45, 7) is 2.09. The Bertz CT molecular complexity index is 391. The molecule has 1 aromatic rings. The van der Waals surface area contributed by atoms with Crippen LogP contribution >= 0.6 is 11.6 Å². The van der Waals surface area contributed by atoms with Crippen molar-refractivity contribution in [2.45, 2.75) is 19.3 Å². The van der Waals surface area contributed by atoms with Crippen LogP contribution in [0.25, 0.3) is 6.08 Å². The highest BCUT2D eigenvalue weighted by molar-refractivity contribution is 6.30. The molecule has 1 nitrogen and oxygen atoms in total. The summed E-state index contributed by atoms with van der Waals surface area (Å²) in [5.41, 5.74) is 2.28. The van der Waals surface area contributed by atoms with Gasteiger partial charge < -0.3 is 5.32 Å². The maximum absolute atomic E-state index is 13.2. The number of nitrogens with one attached hydrogen (secondary N) is 1. The van der Waals surface area contributed by atoms with E-state index in [9.17, 15) is 4.39 Å². The van der Waals surface area contributed by atoms with Gasteiger partial charge in [-0.2, -0.15) is 0 Å². The summed E-state index contributed by atoms with van der Waals surface area (Å²) in [6.07, 6.45) is 5.37. The second-order valence-electron chi connectivity index (χ2n) is 4.08. The highest BCUT2D eigenvalue weighted by atomic mass is 35.5. The SMILES string of the molecule is Fc1cc(/C=C2/CCCNCC2)ccc1Cl. The van der Waals surface area contributed by atoms with E-state index >= 15 is 0 Å². The Balaban J connectivity index is 2.17. The van der Waals surface area contributed by atoms with Crippen molar-refractivity contribution in [1.82, 2.24) is 5.32 Å². The van der Waals surface area contributed by atoms with E-state index in [-0.39, 0.29) is 10.8 Å². The van der Waals surface area contributed by atoms with Crippen molar-refractivity contribution in [2.24, 2.45) is 0 Å². The molecule has 0 atom stereocenters. The molecule has 16 heavy (non-hydrogen) atoms. The highest BCUT2D eigenvalue weighted by Crippen LogP contribution is 2.20. The molecule has 1 saturated heterocycles. The number of benzene rings is 1. The lowest BCUT2D eigenvalue weighted by Gasteiger charge is -2.03. The van der Waals surface area contributed by atoms with E-state index in [1.807, 2.05) is 6.07 Å². The van der Waals surface area contributed by atoms with Crippen molar-refractivity contribution in [3.63, 3.8) is 0 Å². The van der Waals surface area contributed by atoms with Crippen LogP contribution in [0.4, 0.5) is 4.39 Å². The predicted molar refractivity (Wildman–Crippen MR) is 66.1 cm³/mol. The van der Waals surface area contributed by atoms with Crippen molar-refractivity contribution in [3.8, 4) is 0 Å². The largest absolute Gasteiger partial charge is 0.316 e. The van der Waals surface area contributed by atoms with Gasteiger partial charge in [0.1, 0.15) is 5.82 Å². The normalized spacial score (nSPS) is 19.8. The molecule has 1 aromatic carbocycles. The summed E-state index contributed by atoms with van der Waals surface area (Å²) in [5, 5.41) is 3.53. The lowest BCUT2D eigenvalue weighted by molar-refractivity contribution is 0.628. The predicted octanol–water partition coefficient (Wildman–Crippen LogP) is 3.64. The monoisotopic (exact) mass is 239 g/mol. The number of rotatable bonds is 1. The van der Waals surface area contributed by atoms with Gasteiger partial charge in [0.15, 0.2) is 0 Å². The first-order valence-electron chi connectivity index (χ1n) is 5.61. The molecule has 0 spiro atoms. The Morgan fingerprint density at radius 1 is 1.25 bits per heavy atom. The van der Waals surface area contributed by atoms with E-state index in [2.05, 4.69) is 11.4 Å². The number of hydrogen-bond donors (Lipinski definition) is 1. The van der Waals surface area contributed by atoms with Gasteiger partial charge >= 0.3 is 0 Å². The fourth-order valence-electron chi connectivity index (χ4n) is 1.92. The van der Waals surface area contributed by atoms with E-state index in [1.165, 1.54) is 11.6 Å². The van der Waals surface area contributed by atoms with Gasteiger partial charge in [-0.3, -0.25) is 0 Å². The summed E-state index contributed by atoms with van der Waals surface area (Å²) in [6, 6.07) is 4.96. The van der Waals surface area contributed by atoms with Crippen molar-refractivity contribution in [1.29, 1.82) is 0 Å². The molecule has 1 N–H and O–H groups in total. The third-order valence-electron chi connectivity index (χ3n) is 2.79. The minimum absolute atomic E-state index is 0.185. The van der Waals surface area contributed by atoms with Crippen LogP contribution in [-0.4, -0.2) is 13.1 Å². The zero-order valence-corrected chi connectivity index (χ0v) is 9.86. The van der Waals surface area contributed by atoms with Gasteiger partial charge in [-0.05, 0) is 50.0 Å². The van der Waals surface area contributed by atoms with Gasteiger partial charge in [-0.25, -0.2) is 4.39 Å². The lowest BCUT2D eigenvalue weighted by atomic mass is 10.0. The average molecular weight is 240 g/mol. The van der Waals surface area contributed by atoms with E-state index in [0.29, 0.717) is 0 Å². The van der Waals surface area contributed by atoms with Crippen LogP contribution in [0.15, 0.2) is 23.8 Å². The third-order valence-corrected chi connectivity index (χ3v) is 3.10. The second kappa shape index (κ2) is 5.46. The number of hydrogen-bond acceptors (Lipinski definition) is 1. The zero-order chi connectivity index (χ0) is 11.4. The standard InChI is InChI=1S/C13H15ClFN/c14-12-4-3-11(9-13(12)15)8-10-2-1-6-16-7-5-10/h3-4,8-9,16H,1-2,5-7H2/b10-8-. The van der Waals surface area contributed by atoms with Crippen LogP contribution in [0.1, 0.15) is 24.8 Å². The molecule has 0 saturated carbocycles. The molecule has 3 heteroatoms. The second-order valence-corrected chi connectivity index (χ2v) is 4.49. The smallest absolute Gasteiger partial charge is 0.142 e. The minimum Gasteiger partial charge on any atom is -0.316 e. The van der Waals surface area contributed by atoms with Gasteiger partial charge in [-0.15, -0.1) is 0 Å². The fraction of sp³-hybridized carbons (Fsp3) is 0.385. The Morgan fingerprint density at radius 2 is 2.12 bits per heavy atom.